The van der Waals surface area contributed by atoms with Gasteiger partial charge in [-0.3, -0.25) is 9.59 Å². The van der Waals surface area contributed by atoms with Crippen molar-refractivity contribution < 1.29 is 14.7 Å². The summed E-state index contributed by atoms with van der Waals surface area (Å²) in [6.45, 7) is 0.482. The van der Waals surface area contributed by atoms with Crippen LogP contribution >= 0.6 is 11.6 Å². The molecule has 8 nitrogen and oxygen atoms in total. The smallest absolute Gasteiger partial charge is 0.303 e. The van der Waals surface area contributed by atoms with Crippen molar-refractivity contribution in [3.05, 3.63) is 88.5 Å². The van der Waals surface area contributed by atoms with E-state index in [1.165, 1.54) is 18.4 Å². The van der Waals surface area contributed by atoms with E-state index in [0.29, 0.717) is 29.7 Å². The van der Waals surface area contributed by atoms with Gasteiger partial charge in [0.15, 0.2) is 0 Å². The highest BCUT2D eigenvalue weighted by atomic mass is 35.5. The van der Waals surface area contributed by atoms with Gasteiger partial charge in [-0.25, -0.2) is 9.97 Å². The van der Waals surface area contributed by atoms with Crippen LogP contribution in [0.4, 0.5) is 11.5 Å². The van der Waals surface area contributed by atoms with E-state index in [2.05, 4.69) is 27.9 Å². The molecule has 3 aromatic heterocycles. The maximum absolute atomic E-state index is 12.8. The normalized spacial score (nSPS) is 18.3. The van der Waals surface area contributed by atoms with Crippen molar-refractivity contribution in [2.45, 2.75) is 50.5 Å². The van der Waals surface area contributed by atoms with Crippen LogP contribution in [-0.2, 0) is 22.6 Å². The van der Waals surface area contributed by atoms with E-state index < -0.39 is 5.97 Å². The first-order chi connectivity index (χ1) is 18.4. The summed E-state index contributed by atoms with van der Waals surface area (Å²) >= 11 is 6.10. The van der Waals surface area contributed by atoms with Gasteiger partial charge in [-0.05, 0) is 72.4 Å². The van der Waals surface area contributed by atoms with Gasteiger partial charge < -0.3 is 20.1 Å². The number of nitrogens with zero attached hydrogens (tertiary/aromatic N) is 3. The molecule has 0 aliphatic heterocycles. The Labute approximate surface area is 225 Å². The molecule has 194 valence electrons. The number of fused-ring (bicyclic) bond motifs is 1. The standard InChI is InChI=1S/C29H28ClN5O3/c30-21-3-1-2-18(11-21)24-13-25(24)29(38)34-26-12-22(8-9-31-26)32-14-23-16-35-15-20(17-4-5-17)10-19(28(35)33-23)6-7-27(36)37/h1-3,8-12,15-17,24-25H,4-7,13-14H2,(H,36,37)(H2,31,32,34,38)/t24-,25+/m1/s1. The Kier molecular flexibility index (Phi) is 6.49. The third-order valence-electron chi connectivity index (χ3n) is 7.24. The van der Waals surface area contributed by atoms with Crippen LogP contribution in [0.1, 0.15) is 59.9 Å². The van der Waals surface area contributed by atoms with Gasteiger partial charge >= 0.3 is 5.97 Å². The van der Waals surface area contributed by atoms with Crippen LogP contribution < -0.4 is 10.6 Å². The number of aryl methyl sites for hydroxylation is 1. The number of carbonyl (C=O) groups is 2. The first-order valence-electron chi connectivity index (χ1n) is 12.9. The van der Waals surface area contributed by atoms with Crippen molar-refractivity contribution in [3.63, 3.8) is 0 Å². The fourth-order valence-electron chi connectivity index (χ4n) is 5.01. The second-order valence-electron chi connectivity index (χ2n) is 10.2. The molecule has 2 fully saturated rings. The summed E-state index contributed by atoms with van der Waals surface area (Å²) in [6, 6.07) is 13.5. The summed E-state index contributed by atoms with van der Waals surface area (Å²) < 4.78 is 2.02. The fourth-order valence-corrected chi connectivity index (χ4v) is 5.20. The van der Waals surface area contributed by atoms with Gasteiger partial charge in [-0.15, -0.1) is 0 Å². The maximum atomic E-state index is 12.8. The van der Waals surface area contributed by atoms with Crippen molar-refractivity contribution in [1.82, 2.24) is 14.4 Å². The van der Waals surface area contributed by atoms with Gasteiger partial charge in [0.05, 0.1) is 12.2 Å². The number of halogens is 1. The molecular weight excluding hydrogens is 502 g/mol. The second kappa shape index (κ2) is 10.1. The van der Waals surface area contributed by atoms with Gasteiger partial charge in [0.2, 0.25) is 5.91 Å². The van der Waals surface area contributed by atoms with E-state index in [-0.39, 0.29) is 24.2 Å². The number of carboxylic acids is 1. The number of aromatic nitrogens is 3. The SMILES string of the molecule is O=C(O)CCc1cc(C2CC2)cn2cc(CNc3ccnc(NC(=O)[C@H]4C[C@@H]4c4cccc(Cl)c4)c3)nc12. The number of rotatable bonds is 10. The number of aliphatic carboxylic acids is 1. The lowest BCUT2D eigenvalue weighted by molar-refractivity contribution is -0.137. The van der Waals surface area contributed by atoms with Crippen LogP contribution in [0.3, 0.4) is 0 Å². The lowest BCUT2D eigenvalue weighted by Gasteiger charge is -2.08. The predicted octanol–water partition coefficient (Wildman–Crippen LogP) is 5.63. The van der Waals surface area contributed by atoms with Gasteiger partial charge in [0.25, 0.3) is 0 Å². The van der Waals surface area contributed by atoms with Crippen molar-refractivity contribution in [2.24, 2.45) is 5.92 Å². The van der Waals surface area contributed by atoms with Crippen LogP contribution in [0.5, 0.6) is 0 Å². The number of carbonyl (C=O) groups excluding carboxylic acids is 1. The number of carboxylic acid groups (broad SMARTS) is 1. The number of anilines is 2. The van der Waals surface area contributed by atoms with Crippen LogP contribution in [0.15, 0.2) is 61.1 Å². The number of benzene rings is 1. The Morgan fingerprint density at radius 1 is 1.11 bits per heavy atom. The first kappa shape index (κ1) is 24.4. The molecule has 0 saturated heterocycles. The molecule has 1 aromatic carbocycles. The highest BCUT2D eigenvalue weighted by Gasteiger charge is 2.44. The van der Waals surface area contributed by atoms with Crippen molar-refractivity contribution in [3.8, 4) is 0 Å². The quantitative estimate of drug-likeness (QED) is 0.245. The van der Waals surface area contributed by atoms with E-state index in [4.69, 9.17) is 21.7 Å². The summed E-state index contributed by atoms with van der Waals surface area (Å²) in [5.41, 5.74) is 5.77. The van der Waals surface area contributed by atoms with Gasteiger partial charge in [-0.2, -0.15) is 0 Å². The Morgan fingerprint density at radius 2 is 1.97 bits per heavy atom. The number of nitrogens with one attached hydrogen (secondary N) is 2. The third kappa shape index (κ3) is 5.50. The monoisotopic (exact) mass is 529 g/mol. The number of imidazole rings is 1. The van der Waals surface area contributed by atoms with Crippen molar-refractivity contribution >= 4 is 40.6 Å². The molecule has 0 spiro atoms. The fraction of sp³-hybridized carbons (Fsp3) is 0.310. The Balaban J connectivity index is 1.11. The highest BCUT2D eigenvalue weighted by Crippen LogP contribution is 2.48. The summed E-state index contributed by atoms with van der Waals surface area (Å²) in [4.78, 5) is 33.0. The molecule has 0 radical (unpaired) electrons. The molecular formula is C29H28ClN5O3. The van der Waals surface area contributed by atoms with Gasteiger partial charge in [-0.1, -0.05) is 29.8 Å². The molecule has 2 aliphatic carbocycles. The van der Waals surface area contributed by atoms with Crippen LogP contribution in [0.2, 0.25) is 5.02 Å². The maximum Gasteiger partial charge on any atom is 0.303 e. The molecule has 38 heavy (non-hydrogen) atoms. The largest absolute Gasteiger partial charge is 0.481 e. The zero-order chi connectivity index (χ0) is 26.2. The summed E-state index contributed by atoms with van der Waals surface area (Å²) in [5.74, 6) is 0.313. The summed E-state index contributed by atoms with van der Waals surface area (Å²) in [7, 11) is 0. The molecule has 0 bridgehead atoms. The molecule has 3 heterocycles. The van der Waals surface area contributed by atoms with Crippen molar-refractivity contribution in [1.29, 1.82) is 0 Å². The first-order valence-corrected chi connectivity index (χ1v) is 13.3. The Hall–Kier alpha value is -3.91. The molecule has 2 atom stereocenters. The minimum Gasteiger partial charge on any atom is -0.481 e. The van der Waals surface area contributed by atoms with E-state index >= 15 is 0 Å². The minimum atomic E-state index is -0.810. The molecule has 6 rings (SSSR count). The third-order valence-corrected chi connectivity index (χ3v) is 7.48. The van der Waals surface area contributed by atoms with E-state index in [0.717, 1.165) is 34.6 Å². The van der Waals surface area contributed by atoms with Gasteiger partial charge in [0, 0.05) is 47.7 Å². The molecule has 1 amide bonds. The van der Waals surface area contributed by atoms with Gasteiger partial charge in [0.1, 0.15) is 11.5 Å². The molecule has 2 aliphatic rings. The zero-order valence-corrected chi connectivity index (χ0v) is 21.5. The molecule has 4 aromatic rings. The lowest BCUT2D eigenvalue weighted by Crippen LogP contribution is -2.15. The predicted molar refractivity (Wildman–Crippen MR) is 146 cm³/mol. The Bertz CT molecular complexity index is 1530. The van der Waals surface area contributed by atoms with E-state index in [1.54, 1.807) is 6.20 Å². The van der Waals surface area contributed by atoms with Crippen LogP contribution in [0, 0.1) is 5.92 Å². The number of pyridine rings is 2. The average Bonchev–Trinajstić information content (AvgIpc) is 3.82. The molecule has 0 unspecified atom stereocenters. The number of amides is 1. The lowest BCUT2D eigenvalue weighted by atomic mass is 10.1. The van der Waals surface area contributed by atoms with Crippen LogP contribution in [-0.4, -0.2) is 31.4 Å². The van der Waals surface area contributed by atoms with Crippen molar-refractivity contribution in [2.75, 3.05) is 10.6 Å². The molecule has 9 heteroatoms. The zero-order valence-electron chi connectivity index (χ0n) is 20.7. The average molecular weight is 530 g/mol. The van der Waals surface area contributed by atoms with Crippen LogP contribution in [0.25, 0.3) is 5.65 Å². The summed E-state index contributed by atoms with van der Waals surface area (Å²) in [5, 5.41) is 16.2. The summed E-state index contributed by atoms with van der Waals surface area (Å²) in [6.07, 6.45) is 9.45. The Morgan fingerprint density at radius 3 is 2.76 bits per heavy atom. The second-order valence-corrected chi connectivity index (χ2v) is 10.6. The number of hydrogen-bond donors (Lipinski definition) is 3. The van der Waals surface area contributed by atoms with E-state index in [1.807, 2.05) is 47.0 Å². The molecule has 2 saturated carbocycles. The topological polar surface area (TPSA) is 109 Å². The van der Waals surface area contributed by atoms with E-state index in [9.17, 15) is 9.59 Å². The minimum absolute atomic E-state index is 0.0414. The molecule has 3 N–H and O–H groups in total. The number of hydrogen-bond acceptors (Lipinski definition) is 5. The highest BCUT2D eigenvalue weighted by molar-refractivity contribution is 6.30.